The molecule has 1 spiro atoms. The van der Waals surface area contributed by atoms with Crippen molar-refractivity contribution in [3.8, 4) is 17.2 Å². The van der Waals surface area contributed by atoms with Crippen LogP contribution < -0.4 is 4.74 Å². The Balaban J connectivity index is 1.60. The Hall–Kier alpha value is -1.50. The van der Waals surface area contributed by atoms with Crippen molar-refractivity contribution in [2.75, 3.05) is 20.1 Å². The molecule has 1 aromatic carbocycles. The minimum atomic E-state index is -0.958. The maximum Gasteiger partial charge on any atom is 0.200 e. The lowest BCUT2D eigenvalue weighted by Crippen LogP contribution is -2.81. The molecule has 3 aliphatic carbocycles. The number of rotatable bonds is 2. The normalized spacial score (nSPS) is 46.7. The van der Waals surface area contributed by atoms with E-state index < -0.39 is 23.2 Å². The molecule has 1 saturated heterocycles. The zero-order chi connectivity index (χ0) is 18.8. The summed E-state index contributed by atoms with van der Waals surface area (Å²) < 4.78 is 6.95. The molecule has 2 bridgehead atoms. The number of phenolic OH excluding ortho intramolecular Hbond substituents is 2. The molecule has 6 nitrogen and oxygen atoms in total. The second kappa shape index (κ2) is 4.73. The highest BCUT2D eigenvalue weighted by Gasteiger charge is 2.76. The minimum Gasteiger partial charge on any atom is -0.504 e. The Morgan fingerprint density at radius 2 is 2.00 bits per heavy atom. The van der Waals surface area contributed by atoms with E-state index in [0.717, 1.165) is 41.0 Å². The fraction of sp³-hybridized carbons (Fsp3) is 0.714. The number of aromatic hydroxyl groups is 2. The number of likely N-dealkylation sites (tertiary alicyclic amines) is 1. The van der Waals surface area contributed by atoms with Crippen molar-refractivity contribution in [3.05, 3.63) is 17.2 Å². The Morgan fingerprint density at radius 3 is 2.74 bits per heavy atom. The number of benzene rings is 1. The lowest BCUT2D eigenvalue weighted by molar-refractivity contribution is -0.950. The number of ether oxygens (including phenoxy) is 1. The van der Waals surface area contributed by atoms with Crippen LogP contribution in [-0.2, 0) is 11.8 Å². The Bertz CT molecular complexity index is 853. The number of likely N-dealkylation sites (N-methyl/N-ethyl adjacent to an activating group) is 1. The van der Waals surface area contributed by atoms with E-state index >= 15 is 0 Å². The van der Waals surface area contributed by atoms with Gasteiger partial charge in [0.2, 0.25) is 5.75 Å². The van der Waals surface area contributed by atoms with Gasteiger partial charge in [0.15, 0.2) is 11.5 Å². The quantitative estimate of drug-likeness (QED) is 0.461. The number of quaternary nitrogens is 1. The Kier molecular flexibility index (Phi) is 2.88. The van der Waals surface area contributed by atoms with Gasteiger partial charge >= 0.3 is 0 Å². The van der Waals surface area contributed by atoms with E-state index in [1.165, 1.54) is 12.8 Å². The molecule has 0 aromatic heterocycles. The molecule has 6 heteroatoms. The number of aliphatic hydroxyl groups excluding tert-OH is 1. The van der Waals surface area contributed by atoms with Crippen molar-refractivity contribution in [2.45, 2.75) is 67.8 Å². The van der Waals surface area contributed by atoms with Gasteiger partial charge in [0, 0.05) is 24.3 Å². The number of hydrogen-bond acceptors (Lipinski definition) is 5. The maximum atomic E-state index is 12.2. The standard InChI is InChI=1S/C21H27NO5/c1-22(10-11-2-3-11)7-6-20-16-12-8-14(24)17(25)18(16)27-19(20)13(23)4-5-21(20,26)15(22)9-12/h8,11,13,15,19,23,26H,2-7,9-10H2,1H3,(H-,24,25)/p+1/t13?,15-,19+,20+,21-,22?/m1/s1. The van der Waals surface area contributed by atoms with Crippen LogP contribution >= 0.6 is 0 Å². The SMILES string of the molecule is C[N+]1(CC2CC2)CC[C@]23c4c5cc(O)c(O)c4O[C@H]2C(O)CC[C@@]3(O)[C@H]1C5. The van der Waals surface area contributed by atoms with Crippen molar-refractivity contribution in [1.82, 2.24) is 0 Å². The third-order valence-corrected chi connectivity index (χ3v) is 8.54. The van der Waals surface area contributed by atoms with E-state index in [4.69, 9.17) is 4.74 Å². The van der Waals surface area contributed by atoms with Crippen molar-refractivity contribution >= 4 is 0 Å². The summed E-state index contributed by atoms with van der Waals surface area (Å²) in [5.41, 5.74) is 0.162. The lowest BCUT2D eigenvalue weighted by atomic mass is 9.48. The van der Waals surface area contributed by atoms with Gasteiger partial charge in [-0.2, -0.15) is 0 Å². The van der Waals surface area contributed by atoms with Crippen LogP contribution in [-0.4, -0.2) is 68.9 Å². The predicted octanol–water partition coefficient (Wildman–Crippen LogP) is 1.17. The highest BCUT2D eigenvalue weighted by Crippen LogP contribution is 2.67. The van der Waals surface area contributed by atoms with Crippen LogP contribution in [0.15, 0.2) is 6.07 Å². The van der Waals surface area contributed by atoms with Gasteiger partial charge in [0.05, 0.1) is 31.7 Å². The summed E-state index contributed by atoms with van der Waals surface area (Å²) in [7, 11) is 2.27. The van der Waals surface area contributed by atoms with Crippen LogP contribution in [0.25, 0.3) is 0 Å². The van der Waals surface area contributed by atoms with Crippen LogP contribution in [0.4, 0.5) is 0 Å². The van der Waals surface area contributed by atoms with Gasteiger partial charge < -0.3 is 29.6 Å². The van der Waals surface area contributed by atoms with Crippen LogP contribution in [0.5, 0.6) is 17.2 Å². The van der Waals surface area contributed by atoms with E-state index in [1.54, 1.807) is 6.07 Å². The molecule has 4 N–H and O–H groups in total. The van der Waals surface area contributed by atoms with Gasteiger partial charge in [-0.1, -0.05) is 0 Å². The topological polar surface area (TPSA) is 90.2 Å². The molecule has 27 heavy (non-hydrogen) atoms. The largest absolute Gasteiger partial charge is 0.504 e. The molecule has 3 fully saturated rings. The van der Waals surface area contributed by atoms with Gasteiger partial charge in [0.25, 0.3) is 0 Å². The second-order valence-corrected chi connectivity index (χ2v) is 9.95. The second-order valence-electron chi connectivity index (χ2n) is 9.95. The molecule has 2 unspecified atom stereocenters. The van der Waals surface area contributed by atoms with Gasteiger partial charge in [-0.3, -0.25) is 0 Å². The first-order valence-electron chi connectivity index (χ1n) is 10.3. The maximum absolute atomic E-state index is 12.2. The number of hydrogen-bond donors (Lipinski definition) is 4. The Labute approximate surface area is 158 Å². The summed E-state index contributed by atoms with van der Waals surface area (Å²) in [5.74, 6) is 0.605. The first kappa shape index (κ1) is 16.5. The number of nitrogens with zero attached hydrogens (tertiary/aromatic N) is 1. The summed E-state index contributed by atoms with van der Waals surface area (Å²) in [4.78, 5) is 0. The third kappa shape index (κ3) is 1.74. The summed E-state index contributed by atoms with van der Waals surface area (Å²) in [6, 6.07) is 1.68. The number of phenols is 2. The average molecular weight is 374 g/mol. The van der Waals surface area contributed by atoms with Crippen LogP contribution in [0.3, 0.4) is 0 Å². The summed E-state index contributed by atoms with van der Waals surface area (Å²) >= 11 is 0. The summed E-state index contributed by atoms with van der Waals surface area (Å²) in [5, 5.41) is 43.7. The van der Waals surface area contributed by atoms with E-state index in [9.17, 15) is 20.4 Å². The van der Waals surface area contributed by atoms with E-state index in [2.05, 4.69) is 7.05 Å². The van der Waals surface area contributed by atoms with Crippen molar-refractivity contribution in [2.24, 2.45) is 5.92 Å². The van der Waals surface area contributed by atoms with E-state index in [1.807, 2.05) is 0 Å². The molecular weight excluding hydrogens is 346 g/mol. The molecule has 6 atom stereocenters. The highest BCUT2D eigenvalue weighted by atomic mass is 16.5. The molecule has 146 valence electrons. The fourth-order valence-electron chi connectivity index (χ4n) is 7.19. The molecular formula is C21H28NO5+. The predicted molar refractivity (Wildman–Crippen MR) is 96.8 cm³/mol. The number of piperidine rings is 1. The van der Waals surface area contributed by atoms with Crippen molar-refractivity contribution in [3.63, 3.8) is 0 Å². The zero-order valence-corrected chi connectivity index (χ0v) is 15.7. The number of aliphatic hydroxyl groups is 2. The Morgan fingerprint density at radius 1 is 1.22 bits per heavy atom. The van der Waals surface area contributed by atoms with Gasteiger partial charge in [-0.25, -0.2) is 0 Å². The van der Waals surface area contributed by atoms with Crippen LogP contribution in [0, 0.1) is 5.92 Å². The molecule has 0 radical (unpaired) electrons. The first-order chi connectivity index (χ1) is 12.8. The summed E-state index contributed by atoms with van der Waals surface area (Å²) in [6.45, 7) is 2.03. The average Bonchev–Trinajstić information content (AvgIpc) is 3.34. The molecule has 5 aliphatic rings. The molecule has 2 aliphatic heterocycles. The zero-order valence-electron chi connectivity index (χ0n) is 15.7. The van der Waals surface area contributed by atoms with Gasteiger partial charge in [0.1, 0.15) is 17.7 Å². The van der Waals surface area contributed by atoms with Crippen molar-refractivity contribution < 1.29 is 29.6 Å². The third-order valence-electron chi connectivity index (χ3n) is 8.54. The lowest BCUT2D eigenvalue weighted by Gasteiger charge is -2.65. The van der Waals surface area contributed by atoms with E-state index in [-0.39, 0.29) is 23.3 Å². The molecule has 1 aromatic rings. The van der Waals surface area contributed by atoms with E-state index in [0.29, 0.717) is 19.3 Å². The highest BCUT2D eigenvalue weighted by molar-refractivity contribution is 5.66. The first-order valence-corrected chi connectivity index (χ1v) is 10.3. The monoisotopic (exact) mass is 374 g/mol. The van der Waals surface area contributed by atoms with Gasteiger partial charge in [-0.05, 0) is 37.3 Å². The van der Waals surface area contributed by atoms with Crippen LogP contribution in [0.1, 0.15) is 43.2 Å². The molecule has 0 amide bonds. The smallest absolute Gasteiger partial charge is 0.200 e. The van der Waals surface area contributed by atoms with Gasteiger partial charge in [-0.15, -0.1) is 0 Å². The molecule has 2 heterocycles. The molecule has 6 rings (SSSR count). The van der Waals surface area contributed by atoms with Crippen molar-refractivity contribution in [1.29, 1.82) is 0 Å². The summed E-state index contributed by atoms with van der Waals surface area (Å²) in [6.07, 6.45) is 3.78. The fourth-order valence-corrected chi connectivity index (χ4v) is 7.19. The van der Waals surface area contributed by atoms with Crippen LogP contribution in [0.2, 0.25) is 0 Å². The minimum absolute atomic E-state index is 0.0212. The molecule has 2 saturated carbocycles.